The van der Waals surface area contributed by atoms with Crippen LogP contribution in [0.25, 0.3) is 0 Å². The van der Waals surface area contributed by atoms with Crippen LogP contribution < -0.4 is 5.73 Å². The van der Waals surface area contributed by atoms with Crippen molar-refractivity contribution in [2.75, 3.05) is 13.6 Å². The van der Waals surface area contributed by atoms with Crippen LogP contribution in [-0.2, 0) is 19.5 Å². The molecule has 0 radical (unpaired) electrons. The summed E-state index contributed by atoms with van der Waals surface area (Å²) < 4.78 is 0. The van der Waals surface area contributed by atoms with Gasteiger partial charge in [0.25, 0.3) is 0 Å². The fraction of sp³-hybridized carbons (Fsp3) is 0.294. The maximum Gasteiger partial charge on any atom is 0.0451 e. The van der Waals surface area contributed by atoms with Crippen LogP contribution in [0.2, 0.25) is 5.02 Å². The first kappa shape index (κ1) is 15.0. The second-order valence-corrected chi connectivity index (χ2v) is 5.53. The molecule has 0 spiro atoms. The largest absolute Gasteiger partial charge is 0.330 e. The number of nitrogens with zero attached hydrogens (tertiary/aromatic N) is 1. The van der Waals surface area contributed by atoms with Gasteiger partial charge >= 0.3 is 0 Å². The zero-order valence-electron chi connectivity index (χ0n) is 11.8. The highest BCUT2D eigenvalue weighted by atomic mass is 35.5. The van der Waals surface area contributed by atoms with E-state index in [4.69, 9.17) is 17.3 Å². The van der Waals surface area contributed by atoms with Crippen molar-refractivity contribution < 1.29 is 0 Å². The summed E-state index contributed by atoms with van der Waals surface area (Å²) in [5.74, 6) is 0. The third kappa shape index (κ3) is 4.34. The van der Waals surface area contributed by atoms with Crippen LogP contribution in [0.4, 0.5) is 0 Å². The summed E-state index contributed by atoms with van der Waals surface area (Å²) in [7, 11) is 2.11. The highest BCUT2D eigenvalue weighted by Gasteiger charge is 2.05. The molecule has 0 fully saturated rings. The molecule has 106 valence electrons. The molecule has 0 saturated heterocycles. The van der Waals surface area contributed by atoms with E-state index in [0.717, 1.165) is 30.1 Å². The normalized spacial score (nSPS) is 11.0. The Balaban J connectivity index is 1.94. The fourth-order valence-corrected chi connectivity index (χ4v) is 2.46. The summed E-state index contributed by atoms with van der Waals surface area (Å²) in [6.45, 7) is 2.46. The maximum absolute atomic E-state index is 6.19. The Morgan fingerprint density at radius 1 is 0.950 bits per heavy atom. The molecule has 0 aliphatic rings. The minimum Gasteiger partial charge on any atom is -0.330 e. The lowest BCUT2D eigenvalue weighted by Crippen LogP contribution is -2.17. The minimum absolute atomic E-state index is 0.700. The van der Waals surface area contributed by atoms with Crippen molar-refractivity contribution in [3.63, 3.8) is 0 Å². The molecule has 2 N–H and O–H groups in total. The molecular formula is C17H21ClN2. The third-order valence-corrected chi connectivity index (χ3v) is 3.68. The second kappa shape index (κ2) is 7.44. The Hall–Kier alpha value is -1.35. The molecule has 2 aromatic rings. The van der Waals surface area contributed by atoms with E-state index in [2.05, 4.69) is 42.3 Å². The van der Waals surface area contributed by atoms with Crippen molar-refractivity contribution in [3.8, 4) is 0 Å². The van der Waals surface area contributed by atoms with Crippen LogP contribution in [0.1, 0.15) is 16.7 Å². The number of benzene rings is 2. The first-order chi connectivity index (χ1) is 9.69. The smallest absolute Gasteiger partial charge is 0.0451 e. The quantitative estimate of drug-likeness (QED) is 0.882. The van der Waals surface area contributed by atoms with Gasteiger partial charge in [-0.1, -0.05) is 54.1 Å². The summed E-state index contributed by atoms with van der Waals surface area (Å²) in [4.78, 5) is 2.26. The van der Waals surface area contributed by atoms with Crippen molar-refractivity contribution in [2.45, 2.75) is 19.5 Å². The Bertz CT molecular complexity index is 537. The fourth-order valence-electron chi connectivity index (χ4n) is 2.26. The van der Waals surface area contributed by atoms with Crippen LogP contribution in [0.3, 0.4) is 0 Å². The summed E-state index contributed by atoms with van der Waals surface area (Å²) in [6.07, 6.45) is 0.940. The number of hydrogen-bond donors (Lipinski definition) is 1. The first-order valence-electron chi connectivity index (χ1n) is 6.89. The van der Waals surface area contributed by atoms with Gasteiger partial charge in [-0.3, -0.25) is 4.90 Å². The molecule has 0 atom stereocenters. The molecule has 2 nitrogen and oxygen atoms in total. The Labute approximate surface area is 126 Å². The van der Waals surface area contributed by atoms with Crippen LogP contribution in [0.15, 0.2) is 48.5 Å². The predicted octanol–water partition coefficient (Wildman–Crippen LogP) is 3.47. The van der Waals surface area contributed by atoms with Crippen molar-refractivity contribution in [1.82, 2.24) is 4.90 Å². The molecule has 0 aromatic heterocycles. The second-order valence-electron chi connectivity index (χ2n) is 5.12. The van der Waals surface area contributed by atoms with Gasteiger partial charge in [-0.05, 0) is 42.8 Å². The van der Waals surface area contributed by atoms with Gasteiger partial charge in [0.1, 0.15) is 0 Å². The van der Waals surface area contributed by atoms with Gasteiger partial charge in [-0.25, -0.2) is 0 Å². The first-order valence-corrected chi connectivity index (χ1v) is 7.26. The van der Waals surface area contributed by atoms with Gasteiger partial charge in [0, 0.05) is 18.1 Å². The van der Waals surface area contributed by atoms with Crippen molar-refractivity contribution in [3.05, 3.63) is 70.2 Å². The van der Waals surface area contributed by atoms with E-state index < -0.39 is 0 Å². The topological polar surface area (TPSA) is 29.3 Å². The SMILES string of the molecule is CN(Cc1ccc(CCN)cc1)Cc1ccccc1Cl. The summed E-state index contributed by atoms with van der Waals surface area (Å²) in [5, 5.41) is 0.831. The van der Waals surface area contributed by atoms with Gasteiger partial charge < -0.3 is 5.73 Å². The van der Waals surface area contributed by atoms with Gasteiger partial charge in [0.2, 0.25) is 0 Å². The number of halogens is 1. The summed E-state index contributed by atoms with van der Waals surface area (Å²) in [6, 6.07) is 16.7. The standard InChI is InChI=1S/C17H21ClN2/c1-20(13-16-4-2-3-5-17(16)18)12-15-8-6-14(7-9-15)10-11-19/h2-9H,10-13,19H2,1H3. The van der Waals surface area contributed by atoms with E-state index in [1.165, 1.54) is 11.1 Å². The van der Waals surface area contributed by atoms with E-state index >= 15 is 0 Å². The van der Waals surface area contributed by atoms with Gasteiger partial charge in [0.05, 0.1) is 0 Å². The molecule has 0 amide bonds. The Morgan fingerprint density at radius 2 is 1.60 bits per heavy atom. The zero-order valence-corrected chi connectivity index (χ0v) is 12.6. The maximum atomic E-state index is 6.19. The van der Waals surface area contributed by atoms with Crippen LogP contribution in [-0.4, -0.2) is 18.5 Å². The van der Waals surface area contributed by atoms with E-state index in [1.54, 1.807) is 0 Å². The number of nitrogens with two attached hydrogens (primary N) is 1. The number of hydrogen-bond acceptors (Lipinski definition) is 2. The third-order valence-electron chi connectivity index (χ3n) is 3.31. The van der Waals surface area contributed by atoms with Gasteiger partial charge in [0.15, 0.2) is 0 Å². The number of rotatable bonds is 6. The van der Waals surface area contributed by atoms with Gasteiger partial charge in [-0.15, -0.1) is 0 Å². The lowest BCUT2D eigenvalue weighted by molar-refractivity contribution is 0.319. The lowest BCUT2D eigenvalue weighted by Gasteiger charge is -2.17. The average Bonchev–Trinajstić information content (AvgIpc) is 2.44. The molecule has 0 saturated carbocycles. The molecule has 2 rings (SSSR count). The highest BCUT2D eigenvalue weighted by Crippen LogP contribution is 2.17. The molecule has 2 aromatic carbocycles. The highest BCUT2D eigenvalue weighted by molar-refractivity contribution is 6.31. The predicted molar refractivity (Wildman–Crippen MR) is 85.8 cm³/mol. The Kier molecular flexibility index (Phi) is 5.60. The van der Waals surface area contributed by atoms with E-state index in [-0.39, 0.29) is 0 Å². The zero-order chi connectivity index (χ0) is 14.4. The molecule has 0 unspecified atom stereocenters. The van der Waals surface area contributed by atoms with Crippen LogP contribution in [0, 0.1) is 0 Å². The molecule has 0 bridgehead atoms. The Morgan fingerprint density at radius 3 is 2.25 bits per heavy atom. The molecule has 0 aliphatic carbocycles. The molecular weight excluding hydrogens is 268 g/mol. The van der Waals surface area contributed by atoms with Crippen molar-refractivity contribution >= 4 is 11.6 Å². The van der Waals surface area contributed by atoms with Crippen molar-refractivity contribution in [2.24, 2.45) is 5.73 Å². The molecule has 0 heterocycles. The van der Waals surface area contributed by atoms with Crippen LogP contribution >= 0.6 is 11.6 Å². The van der Waals surface area contributed by atoms with Crippen LogP contribution in [0.5, 0.6) is 0 Å². The van der Waals surface area contributed by atoms with Crippen molar-refractivity contribution in [1.29, 1.82) is 0 Å². The van der Waals surface area contributed by atoms with E-state index in [1.807, 2.05) is 18.2 Å². The van der Waals surface area contributed by atoms with E-state index in [0.29, 0.717) is 6.54 Å². The molecule has 3 heteroatoms. The molecule has 20 heavy (non-hydrogen) atoms. The summed E-state index contributed by atoms with van der Waals surface area (Å²) in [5.41, 5.74) is 9.32. The monoisotopic (exact) mass is 288 g/mol. The minimum atomic E-state index is 0.700. The lowest BCUT2D eigenvalue weighted by atomic mass is 10.1. The summed E-state index contributed by atoms with van der Waals surface area (Å²) >= 11 is 6.19. The van der Waals surface area contributed by atoms with Gasteiger partial charge in [-0.2, -0.15) is 0 Å². The average molecular weight is 289 g/mol. The van der Waals surface area contributed by atoms with E-state index in [9.17, 15) is 0 Å². The molecule has 0 aliphatic heterocycles.